The lowest BCUT2D eigenvalue weighted by Gasteiger charge is -2.29. The van der Waals surface area contributed by atoms with Gasteiger partial charge in [0.2, 0.25) is 0 Å². The van der Waals surface area contributed by atoms with Gasteiger partial charge in [0.05, 0.1) is 28.8 Å². The molecule has 1 rings (SSSR count). The van der Waals surface area contributed by atoms with Crippen molar-refractivity contribution in [2.45, 2.75) is 49.2 Å². The summed E-state index contributed by atoms with van der Waals surface area (Å²) in [5, 5.41) is 8.99. The third-order valence-electron chi connectivity index (χ3n) is 3.47. The van der Waals surface area contributed by atoms with Crippen LogP contribution in [0.25, 0.3) is 0 Å². The molecule has 0 spiro atoms. The molecule has 0 aromatic heterocycles. The van der Waals surface area contributed by atoms with Crippen LogP contribution in [0.15, 0.2) is 0 Å². The van der Waals surface area contributed by atoms with Crippen LogP contribution < -0.4 is 0 Å². The first kappa shape index (κ1) is 14.7. The number of halogens is 1. The summed E-state index contributed by atoms with van der Waals surface area (Å²) in [5.41, 5.74) is 0. The molecule has 1 N–H and O–H groups in total. The van der Waals surface area contributed by atoms with E-state index in [-0.39, 0.29) is 16.1 Å². The van der Waals surface area contributed by atoms with Gasteiger partial charge in [0.25, 0.3) is 0 Å². The summed E-state index contributed by atoms with van der Waals surface area (Å²) in [6.45, 7) is 8.14. The molecule has 2 unspecified atom stereocenters. The monoisotopic (exact) mass is 342 g/mol. The van der Waals surface area contributed by atoms with Crippen LogP contribution in [0.5, 0.6) is 0 Å². The Bertz CT molecular complexity index is 208. The maximum absolute atomic E-state index is 8.99. The summed E-state index contributed by atoms with van der Waals surface area (Å²) < 4.78 is 11.6. The van der Waals surface area contributed by atoms with E-state index in [1.807, 2.05) is 0 Å². The van der Waals surface area contributed by atoms with Gasteiger partial charge in [0.15, 0.2) is 0 Å². The van der Waals surface area contributed by atoms with E-state index in [1.165, 1.54) is 0 Å². The van der Waals surface area contributed by atoms with E-state index in [1.54, 1.807) is 0 Å². The van der Waals surface area contributed by atoms with E-state index in [0.717, 1.165) is 26.1 Å². The van der Waals surface area contributed by atoms with Gasteiger partial charge in [-0.3, -0.25) is 0 Å². The van der Waals surface area contributed by atoms with Crippen molar-refractivity contribution < 1.29 is 14.6 Å². The fourth-order valence-corrected chi connectivity index (χ4v) is 2.76. The predicted molar refractivity (Wildman–Crippen MR) is 73.1 cm³/mol. The Balaban J connectivity index is 2.44. The molecular formula is C12H23IO3. The molecule has 0 amide bonds. The zero-order valence-electron chi connectivity index (χ0n) is 10.4. The van der Waals surface area contributed by atoms with E-state index in [2.05, 4.69) is 43.4 Å². The first-order valence-corrected chi connectivity index (χ1v) is 7.13. The van der Waals surface area contributed by atoms with Crippen LogP contribution in [0, 0.1) is 5.92 Å². The Kier molecular flexibility index (Phi) is 5.98. The molecule has 96 valence electrons. The van der Waals surface area contributed by atoms with E-state index in [0.29, 0.717) is 12.0 Å². The van der Waals surface area contributed by atoms with Crippen molar-refractivity contribution in [2.24, 2.45) is 5.92 Å². The number of rotatable bonds is 6. The zero-order chi connectivity index (χ0) is 12.2. The molecule has 1 fully saturated rings. The highest BCUT2D eigenvalue weighted by molar-refractivity contribution is 14.1. The minimum Gasteiger partial charge on any atom is -0.396 e. The normalized spacial score (nSPS) is 36.6. The van der Waals surface area contributed by atoms with Crippen LogP contribution in [-0.2, 0) is 9.47 Å². The molecule has 4 heteroatoms. The van der Waals surface area contributed by atoms with Gasteiger partial charge in [-0.05, 0) is 26.7 Å². The molecule has 0 aromatic rings. The van der Waals surface area contributed by atoms with E-state index >= 15 is 0 Å². The van der Waals surface area contributed by atoms with Crippen molar-refractivity contribution in [3.8, 4) is 0 Å². The predicted octanol–water partition coefficient (Wildman–Crippen LogP) is 2.39. The van der Waals surface area contributed by atoms with Crippen molar-refractivity contribution in [1.29, 1.82) is 0 Å². The van der Waals surface area contributed by atoms with Gasteiger partial charge in [-0.2, -0.15) is 0 Å². The summed E-state index contributed by atoms with van der Waals surface area (Å²) >= 11 is 2.46. The lowest BCUT2D eigenvalue weighted by Crippen LogP contribution is -2.37. The maximum atomic E-state index is 8.99. The smallest absolute Gasteiger partial charge is 0.0744 e. The molecule has 0 aromatic carbocycles. The lowest BCUT2D eigenvalue weighted by molar-refractivity contribution is 0.0312. The second-order valence-electron chi connectivity index (χ2n) is 4.73. The molecule has 0 bridgehead atoms. The van der Waals surface area contributed by atoms with Gasteiger partial charge in [-0.25, -0.2) is 0 Å². The standard InChI is InChI=1S/C12H23IO3/c1-4-9(2)15-7-10-8-16-11(5-6-14)12(10,3)13/h9-11,14H,4-8H2,1-3H3/t9?,10-,11?,12+/m1/s1. The quantitative estimate of drug-likeness (QED) is 0.595. The Morgan fingerprint density at radius 1 is 1.62 bits per heavy atom. The second-order valence-corrected chi connectivity index (χ2v) is 7.06. The van der Waals surface area contributed by atoms with Gasteiger partial charge < -0.3 is 14.6 Å². The molecule has 3 nitrogen and oxygen atoms in total. The van der Waals surface area contributed by atoms with Gasteiger partial charge in [0.1, 0.15) is 0 Å². The van der Waals surface area contributed by atoms with Crippen molar-refractivity contribution in [2.75, 3.05) is 19.8 Å². The topological polar surface area (TPSA) is 38.7 Å². The molecule has 1 saturated heterocycles. The Morgan fingerprint density at radius 3 is 2.88 bits per heavy atom. The Labute approximate surface area is 112 Å². The van der Waals surface area contributed by atoms with E-state index in [9.17, 15) is 0 Å². The van der Waals surface area contributed by atoms with Gasteiger partial charge in [0, 0.05) is 12.5 Å². The third-order valence-corrected chi connectivity index (χ3v) is 5.05. The van der Waals surface area contributed by atoms with Crippen LogP contribution in [-0.4, -0.2) is 40.6 Å². The van der Waals surface area contributed by atoms with Gasteiger partial charge >= 0.3 is 0 Å². The highest BCUT2D eigenvalue weighted by Crippen LogP contribution is 2.41. The Hall–Kier alpha value is 0.610. The van der Waals surface area contributed by atoms with Crippen molar-refractivity contribution in [1.82, 2.24) is 0 Å². The maximum Gasteiger partial charge on any atom is 0.0744 e. The van der Waals surface area contributed by atoms with Crippen molar-refractivity contribution in [3.05, 3.63) is 0 Å². The van der Waals surface area contributed by atoms with Crippen LogP contribution in [0.3, 0.4) is 0 Å². The summed E-state index contributed by atoms with van der Waals surface area (Å²) in [4.78, 5) is 0. The molecule has 4 atom stereocenters. The summed E-state index contributed by atoms with van der Waals surface area (Å²) in [7, 11) is 0. The molecule has 0 radical (unpaired) electrons. The molecule has 16 heavy (non-hydrogen) atoms. The second kappa shape index (κ2) is 6.52. The number of alkyl halides is 1. The van der Waals surface area contributed by atoms with Crippen LogP contribution in [0.4, 0.5) is 0 Å². The van der Waals surface area contributed by atoms with Crippen LogP contribution in [0.2, 0.25) is 0 Å². The molecule has 0 aliphatic carbocycles. The highest BCUT2D eigenvalue weighted by atomic mass is 127. The number of ether oxygens (including phenoxy) is 2. The highest BCUT2D eigenvalue weighted by Gasteiger charge is 2.45. The summed E-state index contributed by atoms with van der Waals surface area (Å²) in [6.07, 6.45) is 2.25. The molecule has 0 saturated carbocycles. The SMILES string of the molecule is CCC(C)OC[C@@H]1COC(CCO)[C@@]1(C)I. The van der Waals surface area contributed by atoms with Gasteiger partial charge in [-0.1, -0.05) is 29.5 Å². The third kappa shape index (κ3) is 3.55. The number of hydrogen-bond acceptors (Lipinski definition) is 3. The minimum atomic E-state index is 0.0773. The van der Waals surface area contributed by atoms with Crippen LogP contribution >= 0.6 is 22.6 Å². The first-order chi connectivity index (χ1) is 7.52. The minimum absolute atomic E-state index is 0.0773. The van der Waals surface area contributed by atoms with E-state index in [4.69, 9.17) is 14.6 Å². The first-order valence-electron chi connectivity index (χ1n) is 6.05. The number of aliphatic hydroxyl groups is 1. The number of aliphatic hydroxyl groups excluding tert-OH is 1. The van der Waals surface area contributed by atoms with E-state index < -0.39 is 0 Å². The average Bonchev–Trinajstić information content (AvgIpc) is 2.52. The Morgan fingerprint density at radius 2 is 2.31 bits per heavy atom. The summed E-state index contributed by atoms with van der Waals surface area (Å²) in [5.74, 6) is 0.429. The largest absolute Gasteiger partial charge is 0.396 e. The fraction of sp³-hybridized carbons (Fsp3) is 1.00. The average molecular weight is 342 g/mol. The molecule has 1 heterocycles. The lowest BCUT2D eigenvalue weighted by atomic mass is 9.92. The fourth-order valence-electron chi connectivity index (χ4n) is 1.91. The van der Waals surface area contributed by atoms with Crippen molar-refractivity contribution >= 4 is 22.6 Å². The zero-order valence-corrected chi connectivity index (χ0v) is 12.6. The van der Waals surface area contributed by atoms with Gasteiger partial charge in [-0.15, -0.1) is 0 Å². The molecule has 1 aliphatic heterocycles. The molecule has 1 aliphatic rings. The van der Waals surface area contributed by atoms with Crippen molar-refractivity contribution in [3.63, 3.8) is 0 Å². The number of hydrogen-bond donors (Lipinski definition) is 1. The van der Waals surface area contributed by atoms with Crippen LogP contribution in [0.1, 0.15) is 33.6 Å². The molecular weight excluding hydrogens is 319 g/mol. The summed E-state index contributed by atoms with van der Waals surface area (Å²) in [6, 6.07) is 0.